The molecule has 0 aliphatic rings. The van der Waals surface area contributed by atoms with Crippen LogP contribution in [-0.2, 0) is 11.2 Å². The summed E-state index contributed by atoms with van der Waals surface area (Å²) in [5, 5.41) is 0. The van der Waals surface area contributed by atoms with E-state index >= 15 is 0 Å². The highest BCUT2D eigenvalue weighted by atomic mass is 16.5. The molecule has 0 spiro atoms. The van der Waals surface area contributed by atoms with Crippen molar-refractivity contribution in [3.05, 3.63) is 66.3 Å². The maximum atomic E-state index is 5.02. The van der Waals surface area contributed by atoms with Crippen LogP contribution in [0.25, 0.3) is 5.57 Å². The van der Waals surface area contributed by atoms with E-state index in [1.807, 2.05) is 18.2 Å². The molecule has 0 radical (unpaired) electrons. The Morgan fingerprint density at radius 3 is 2.76 bits per heavy atom. The van der Waals surface area contributed by atoms with Gasteiger partial charge in [0.05, 0.1) is 6.61 Å². The van der Waals surface area contributed by atoms with Gasteiger partial charge in [-0.3, -0.25) is 0 Å². The van der Waals surface area contributed by atoms with Crippen molar-refractivity contribution in [2.24, 2.45) is 0 Å². The van der Waals surface area contributed by atoms with Gasteiger partial charge in [0.2, 0.25) is 0 Å². The second-order valence-electron chi connectivity index (χ2n) is 3.73. The van der Waals surface area contributed by atoms with Crippen LogP contribution in [0.2, 0.25) is 0 Å². The SMILES string of the molecule is C=C/C=C(\C=C/COC)c1ccccc1CC. The summed E-state index contributed by atoms with van der Waals surface area (Å²) in [6.07, 6.45) is 8.98. The Bertz CT molecular complexity index is 413. The van der Waals surface area contributed by atoms with Crippen molar-refractivity contribution in [2.45, 2.75) is 13.3 Å². The lowest BCUT2D eigenvalue weighted by Gasteiger charge is -2.08. The minimum Gasteiger partial charge on any atom is -0.381 e. The monoisotopic (exact) mass is 228 g/mol. The van der Waals surface area contributed by atoms with Gasteiger partial charge in [-0.25, -0.2) is 0 Å². The second-order valence-corrected chi connectivity index (χ2v) is 3.73. The van der Waals surface area contributed by atoms with Gasteiger partial charge < -0.3 is 4.74 Å². The normalized spacial score (nSPS) is 12.0. The van der Waals surface area contributed by atoms with Crippen LogP contribution in [0.1, 0.15) is 18.1 Å². The third kappa shape index (κ3) is 4.04. The Balaban J connectivity index is 3.05. The largest absolute Gasteiger partial charge is 0.381 e. The Morgan fingerprint density at radius 2 is 2.12 bits per heavy atom. The van der Waals surface area contributed by atoms with Crippen molar-refractivity contribution in [2.75, 3.05) is 13.7 Å². The highest BCUT2D eigenvalue weighted by Gasteiger charge is 2.02. The van der Waals surface area contributed by atoms with Gasteiger partial charge >= 0.3 is 0 Å². The Labute approximate surface area is 104 Å². The lowest BCUT2D eigenvalue weighted by Crippen LogP contribution is -1.90. The highest BCUT2D eigenvalue weighted by Crippen LogP contribution is 2.21. The standard InChI is InChI=1S/C16H20O/c1-4-9-15(11-8-13-17-3)16-12-7-6-10-14(16)5-2/h4,6-12H,1,5,13H2,2-3H3/b11-8-,15-9+. The lowest BCUT2D eigenvalue weighted by molar-refractivity contribution is 0.234. The molecule has 0 saturated carbocycles. The summed E-state index contributed by atoms with van der Waals surface area (Å²) in [6.45, 7) is 6.57. The lowest BCUT2D eigenvalue weighted by atomic mass is 9.97. The first kappa shape index (κ1) is 13.5. The molecular formula is C16H20O. The zero-order valence-corrected chi connectivity index (χ0v) is 10.6. The molecule has 17 heavy (non-hydrogen) atoms. The molecule has 0 N–H and O–H groups in total. The number of hydrogen-bond acceptors (Lipinski definition) is 1. The van der Waals surface area contributed by atoms with Crippen LogP contribution in [-0.4, -0.2) is 13.7 Å². The van der Waals surface area contributed by atoms with E-state index in [0.717, 1.165) is 6.42 Å². The van der Waals surface area contributed by atoms with Gasteiger partial charge in [0.1, 0.15) is 0 Å². The number of hydrogen-bond donors (Lipinski definition) is 0. The summed E-state index contributed by atoms with van der Waals surface area (Å²) in [6, 6.07) is 8.45. The Morgan fingerprint density at radius 1 is 1.35 bits per heavy atom. The van der Waals surface area contributed by atoms with E-state index < -0.39 is 0 Å². The van der Waals surface area contributed by atoms with Gasteiger partial charge in [0.25, 0.3) is 0 Å². The van der Waals surface area contributed by atoms with Crippen molar-refractivity contribution >= 4 is 5.57 Å². The van der Waals surface area contributed by atoms with Crippen LogP contribution in [0.4, 0.5) is 0 Å². The summed E-state index contributed by atoms with van der Waals surface area (Å²) in [5.74, 6) is 0. The second kappa shape index (κ2) is 7.64. The van der Waals surface area contributed by atoms with E-state index in [4.69, 9.17) is 4.74 Å². The van der Waals surface area contributed by atoms with E-state index in [1.165, 1.54) is 16.7 Å². The summed E-state index contributed by atoms with van der Waals surface area (Å²) in [4.78, 5) is 0. The highest BCUT2D eigenvalue weighted by molar-refractivity contribution is 5.77. The fourth-order valence-electron chi connectivity index (χ4n) is 1.74. The van der Waals surface area contributed by atoms with Crippen molar-refractivity contribution in [1.29, 1.82) is 0 Å². The first-order chi connectivity index (χ1) is 8.33. The first-order valence-electron chi connectivity index (χ1n) is 5.90. The van der Waals surface area contributed by atoms with Crippen LogP contribution in [0, 0.1) is 0 Å². The predicted octanol–water partition coefficient (Wildman–Crippen LogP) is 4.02. The van der Waals surface area contributed by atoms with E-state index in [1.54, 1.807) is 7.11 Å². The molecule has 0 saturated heterocycles. The molecule has 0 fully saturated rings. The minimum absolute atomic E-state index is 0.628. The molecule has 0 atom stereocenters. The number of aryl methyl sites for hydroxylation is 1. The molecular weight excluding hydrogens is 208 g/mol. The molecule has 0 amide bonds. The minimum atomic E-state index is 0.628. The number of methoxy groups -OCH3 is 1. The molecule has 1 aromatic carbocycles. The van der Waals surface area contributed by atoms with Crippen molar-refractivity contribution < 1.29 is 4.74 Å². The molecule has 1 heteroatoms. The van der Waals surface area contributed by atoms with Crippen LogP contribution >= 0.6 is 0 Å². The Kier molecular flexibility index (Phi) is 6.05. The molecule has 1 nitrogen and oxygen atoms in total. The smallest absolute Gasteiger partial charge is 0.0646 e. The van der Waals surface area contributed by atoms with Crippen LogP contribution in [0.15, 0.2) is 55.1 Å². The summed E-state index contributed by atoms with van der Waals surface area (Å²) >= 11 is 0. The Hall–Kier alpha value is -1.60. The van der Waals surface area contributed by atoms with Gasteiger partial charge in [-0.1, -0.05) is 62.1 Å². The molecule has 0 unspecified atom stereocenters. The molecule has 1 aromatic rings. The maximum absolute atomic E-state index is 5.02. The molecule has 0 aromatic heterocycles. The van der Waals surface area contributed by atoms with Gasteiger partial charge in [-0.05, 0) is 23.1 Å². The zero-order chi connectivity index (χ0) is 12.5. The molecule has 0 aliphatic carbocycles. The number of ether oxygens (including phenoxy) is 1. The predicted molar refractivity (Wildman–Crippen MR) is 75.0 cm³/mol. The summed E-state index contributed by atoms with van der Waals surface area (Å²) in [7, 11) is 1.70. The summed E-state index contributed by atoms with van der Waals surface area (Å²) in [5.41, 5.74) is 3.79. The summed E-state index contributed by atoms with van der Waals surface area (Å²) < 4.78 is 5.02. The van der Waals surface area contributed by atoms with E-state index in [9.17, 15) is 0 Å². The quantitative estimate of drug-likeness (QED) is 0.668. The average molecular weight is 228 g/mol. The average Bonchev–Trinajstić information content (AvgIpc) is 2.38. The number of benzene rings is 1. The van der Waals surface area contributed by atoms with E-state index in [2.05, 4.69) is 43.8 Å². The van der Waals surface area contributed by atoms with Crippen LogP contribution < -0.4 is 0 Å². The van der Waals surface area contributed by atoms with Crippen LogP contribution in [0.5, 0.6) is 0 Å². The van der Waals surface area contributed by atoms with Gasteiger partial charge in [-0.2, -0.15) is 0 Å². The van der Waals surface area contributed by atoms with Crippen molar-refractivity contribution in [3.63, 3.8) is 0 Å². The van der Waals surface area contributed by atoms with E-state index in [-0.39, 0.29) is 0 Å². The third-order valence-corrected chi connectivity index (χ3v) is 2.57. The zero-order valence-electron chi connectivity index (χ0n) is 10.6. The molecule has 0 aliphatic heterocycles. The first-order valence-corrected chi connectivity index (χ1v) is 5.90. The third-order valence-electron chi connectivity index (χ3n) is 2.57. The van der Waals surface area contributed by atoms with Crippen molar-refractivity contribution in [1.82, 2.24) is 0 Å². The fourth-order valence-corrected chi connectivity index (χ4v) is 1.74. The molecule has 0 heterocycles. The molecule has 0 bridgehead atoms. The maximum Gasteiger partial charge on any atom is 0.0646 e. The molecule has 1 rings (SSSR count). The van der Waals surface area contributed by atoms with Gasteiger partial charge in [-0.15, -0.1) is 0 Å². The topological polar surface area (TPSA) is 9.23 Å². The van der Waals surface area contributed by atoms with Gasteiger partial charge in [0.15, 0.2) is 0 Å². The number of rotatable bonds is 6. The van der Waals surface area contributed by atoms with E-state index in [0.29, 0.717) is 6.61 Å². The van der Waals surface area contributed by atoms with Gasteiger partial charge in [0, 0.05) is 7.11 Å². The van der Waals surface area contributed by atoms with Crippen molar-refractivity contribution in [3.8, 4) is 0 Å². The molecule has 90 valence electrons. The fraction of sp³-hybridized carbons (Fsp3) is 0.250. The van der Waals surface area contributed by atoms with Crippen LogP contribution in [0.3, 0.4) is 0 Å². The number of allylic oxidation sites excluding steroid dienone is 4.